The molecular formula is C10H15Cl2N3O2. The first-order chi connectivity index (χ1) is 7.15. The van der Waals surface area contributed by atoms with Gasteiger partial charge in [-0.25, -0.2) is 0 Å². The van der Waals surface area contributed by atoms with Crippen molar-refractivity contribution in [3.63, 3.8) is 0 Å². The van der Waals surface area contributed by atoms with Crippen molar-refractivity contribution in [2.24, 2.45) is 5.73 Å². The van der Waals surface area contributed by atoms with Crippen molar-refractivity contribution in [2.75, 3.05) is 12.4 Å². The molecule has 1 aromatic heterocycles. The molecule has 1 aliphatic rings. The monoisotopic (exact) mass is 279 g/mol. The fourth-order valence-electron chi connectivity index (χ4n) is 1.26. The largest absolute Gasteiger partial charge is 0.494 e. The van der Waals surface area contributed by atoms with Gasteiger partial charge in [0, 0.05) is 12.3 Å². The number of methoxy groups -OCH3 is 1. The molecule has 2 rings (SSSR count). The minimum absolute atomic E-state index is 0. The van der Waals surface area contributed by atoms with Gasteiger partial charge < -0.3 is 15.8 Å². The standard InChI is InChI=1S/C10H13N3O2.2ClH/c1-15-8-2-5-12-6-7(8)13-9(14)10(11)3-4-10;;/h2,5-6H,3-4,11H2,1H3,(H,13,14);2*1H. The lowest BCUT2D eigenvalue weighted by atomic mass is 10.2. The molecule has 0 atom stereocenters. The van der Waals surface area contributed by atoms with Crippen LogP contribution in [0.15, 0.2) is 18.5 Å². The van der Waals surface area contributed by atoms with Crippen LogP contribution in [0.4, 0.5) is 5.69 Å². The van der Waals surface area contributed by atoms with Crippen LogP contribution in [0, 0.1) is 0 Å². The summed E-state index contributed by atoms with van der Waals surface area (Å²) in [6.45, 7) is 0. The zero-order chi connectivity index (χ0) is 10.9. The number of amides is 1. The third kappa shape index (κ3) is 3.46. The van der Waals surface area contributed by atoms with Crippen molar-refractivity contribution in [1.82, 2.24) is 4.98 Å². The molecule has 5 nitrogen and oxygen atoms in total. The smallest absolute Gasteiger partial charge is 0.244 e. The predicted octanol–water partition coefficient (Wildman–Crippen LogP) is 1.36. The number of nitrogens with zero attached hydrogens (tertiary/aromatic N) is 1. The maximum atomic E-state index is 11.6. The third-order valence-electron chi connectivity index (χ3n) is 2.49. The van der Waals surface area contributed by atoms with Crippen LogP contribution in [-0.4, -0.2) is 23.5 Å². The van der Waals surface area contributed by atoms with Crippen LogP contribution in [0.2, 0.25) is 0 Å². The number of aromatic nitrogens is 1. The van der Waals surface area contributed by atoms with E-state index in [1.165, 1.54) is 0 Å². The second kappa shape index (κ2) is 6.05. The van der Waals surface area contributed by atoms with Crippen molar-refractivity contribution >= 4 is 36.4 Å². The Balaban J connectivity index is 0.00000128. The molecule has 1 fully saturated rings. The van der Waals surface area contributed by atoms with Crippen LogP contribution in [-0.2, 0) is 4.79 Å². The van der Waals surface area contributed by atoms with E-state index in [1.54, 1.807) is 25.6 Å². The number of hydrogen-bond acceptors (Lipinski definition) is 4. The molecule has 17 heavy (non-hydrogen) atoms. The molecule has 0 spiro atoms. The lowest BCUT2D eigenvalue weighted by Crippen LogP contribution is -2.37. The maximum absolute atomic E-state index is 11.6. The lowest BCUT2D eigenvalue weighted by molar-refractivity contribution is -0.118. The molecule has 0 saturated heterocycles. The molecule has 0 unspecified atom stereocenters. The number of halogens is 2. The van der Waals surface area contributed by atoms with Gasteiger partial charge in [-0.2, -0.15) is 0 Å². The number of carbonyl (C=O) groups excluding carboxylic acids is 1. The first-order valence-electron chi connectivity index (χ1n) is 4.74. The van der Waals surface area contributed by atoms with Gasteiger partial charge in [-0.1, -0.05) is 0 Å². The average molecular weight is 280 g/mol. The van der Waals surface area contributed by atoms with Gasteiger partial charge in [-0.05, 0) is 12.8 Å². The van der Waals surface area contributed by atoms with E-state index in [0.29, 0.717) is 11.4 Å². The Morgan fingerprint density at radius 1 is 1.53 bits per heavy atom. The van der Waals surface area contributed by atoms with Crippen molar-refractivity contribution in [2.45, 2.75) is 18.4 Å². The van der Waals surface area contributed by atoms with Crippen molar-refractivity contribution < 1.29 is 9.53 Å². The normalized spacial score (nSPS) is 14.9. The number of pyridine rings is 1. The quantitative estimate of drug-likeness (QED) is 0.876. The molecule has 0 aliphatic heterocycles. The van der Waals surface area contributed by atoms with E-state index in [9.17, 15) is 4.79 Å². The second-order valence-electron chi connectivity index (χ2n) is 3.69. The zero-order valence-corrected chi connectivity index (χ0v) is 10.9. The molecule has 1 heterocycles. The number of nitrogens with one attached hydrogen (secondary N) is 1. The zero-order valence-electron chi connectivity index (χ0n) is 9.30. The Morgan fingerprint density at radius 2 is 2.18 bits per heavy atom. The number of ether oxygens (including phenoxy) is 1. The van der Waals surface area contributed by atoms with Crippen LogP contribution < -0.4 is 15.8 Å². The van der Waals surface area contributed by atoms with Gasteiger partial charge in [0.05, 0.1) is 18.8 Å². The Kier molecular flexibility index (Phi) is 5.68. The predicted molar refractivity (Wildman–Crippen MR) is 70.1 cm³/mol. The summed E-state index contributed by atoms with van der Waals surface area (Å²) in [7, 11) is 1.54. The molecule has 96 valence electrons. The van der Waals surface area contributed by atoms with E-state index < -0.39 is 5.54 Å². The van der Waals surface area contributed by atoms with E-state index >= 15 is 0 Å². The van der Waals surface area contributed by atoms with Gasteiger partial charge in [0.1, 0.15) is 11.4 Å². The SMILES string of the molecule is COc1ccncc1NC(=O)C1(N)CC1.Cl.Cl. The Bertz CT molecular complexity index is 397. The number of carbonyl (C=O) groups is 1. The minimum atomic E-state index is -0.680. The van der Waals surface area contributed by atoms with Gasteiger partial charge in [0.25, 0.3) is 0 Å². The highest BCUT2D eigenvalue weighted by molar-refractivity contribution is 6.00. The highest BCUT2D eigenvalue weighted by Crippen LogP contribution is 2.34. The number of anilines is 1. The van der Waals surface area contributed by atoms with Gasteiger partial charge in [-0.15, -0.1) is 24.8 Å². The summed E-state index contributed by atoms with van der Waals surface area (Å²) in [6, 6.07) is 1.69. The van der Waals surface area contributed by atoms with Crippen LogP contribution >= 0.6 is 24.8 Å². The summed E-state index contributed by atoms with van der Waals surface area (Å²) in [6.07, 6.45) is 4.62. The van der Waals surface area contributed by atoms with E-state index in [4.69, 9.17) is 10.5 Å². The van der Waals surface area contributed by atoms with Gasteiger partial charge in [0.15, 0.2) is 0 Å². The molecule has 7 heteroatoms. The van der Waals surface area contributed by atoms with Gasteiger partial charge >= 0.3 is 0 Å². The summed E-state index contributed by atoms with van der Waals surface area (Å²) in [4.78, 5) is 15.6. The maximum Gasteiger partial charge on any atom is 0.244 e. The van der Waals surface area contributed by atoms with Gasteiger partial charge in [-0.3, -0.25) is 9.78 Å². The summed E-state index contributed by atoms with van der Waals surface area (Å²) in [5, 5.41) is 2.71. The van der Waals surface area contributed by atoms with Gasteiger partial charge in [0.2, 0.25) is 5.91 Å². The minimum Gasteiger partial charge on any atom is -0.494 e. The molecule has 1 saturated carbocycles. The van der Waals surface area contributed by atoms with Crippen molar-refractivity contribution in [1.29, 1.82) is 0 Å². The van der Waals surface area contributed by atoms with Crippen LogP contribution in [0.1, 0.15) is 12.8 Å². The highest BCUT2D eigenvalue weighted by Gasteiger charge is 2.46. The fourth-order valence-corrected chi connectivity index (χ4v) is 1.26. The third-order valence-corrected chi connectivity index (χ3v) is 2.49. The number of nitrogens with two attached hydrogens (primary N) is 1. The Labute approximate surface area is 112 Å². The van der Waals surface area contributed by atoms with Crippen molar-refractivity contribution in [3.8, 4) is 5.75 Å². The number of hydrogen-bond donors (Lipinski definition) is 2. The second-order valence-corrected chi connectivity index (χ2v) is 3.69. The van der Waals surface area contributed by atoms with E-state index in [0.717, 1.165) is 12.8 Å². The van der Waals surface area contributed by atoms with Crippen LogP contribution in [0.5, 0.6) is 5.75 Å². The first kappa shape index (κ1) is 16.0. The molecule has 0 radical (unpaired) electrons. The van der Waals surface area contributed by atoms with Crippen LogP contribution in [0.25, 0.3) is 0 Å². The van der Waals surface area contributed by atoms with E-state index in [-0.39, 0.29) is 30.7 Å². The Hall–Kier alpha value is -1.04. The summed E-state index contributed by atoms with van der Waals surface area (Å²) >= 11 is 0. The highest BCUT2D eigenvalue weighted by atomic mass is 35.5. The molecule has 1 aromatic rings. The molecular weight excluding hydrogens is 265 g/mol. The average Bonchev–Trinajstić information content (AvgIpc) is 2.99. The molecule has 1 amide bonds. The summed E-state index contributed by atoms with van der Waals surface area (Å²) in [5.74, 6) is 0.413. The summed E-state index contributed by atoms with van der Waals surface area (Å²) < 4.78 is 5.08. The summed E-state index contributed by atoms with van der Waals surface area (Å²) in [5.41, 5.74) is 5.63. The lowest BCUT2D eigenvalue weighted by Gasteiger charge is -2.12. The number of rotatable bonds is 3. The fraction of sp³-hybridized carbons (Fsp3) is 0.400. The van der Waals surface area contributed by atoms with Crippen molar-refractivity contribution in [3.05, 3.63) is 18.5 Å². The molecule has 0 bridgehead atoms. The topological polar surface area (TPSA) is 77.2 Å². The Morgan fingerprint density at radius 3 is 2.71 bits per heavy atom. The van der Waals surface area contributed by atoms with Crippen LogP contribution in [0.3, 0.4) is 0 Å². The molecule has 1 aliphatic carbocycles. The van der Waals surface area contributed by atoms with E-state index in [1.807, 2.05) is 0 Å². The molecule has 0 aromatic carbocycles. The first-order valence-corrected chi connectivity index (χ1v) is 4.74. The van der Waals surface area contributed by atoms with E-state index in [2.05, 4.69) is 10.3 Å². The molecule has 3 N–H and O–H groups in total.